The van der Waals surface area contributed by atoms with E-state index in [1.165, 1.54) is 0 Å². The summed E-state index contributed by atoms with van der Waals surface area (Å²) in [6.45, 7) is 6.84. The Kier molecular flexibility index (Phi) is 5.30. The molecule has 0 N–H and O–H groups in total. The van der Waals surface area contributed by atoms with Crippen LogP contribution in [-0.2, 0) is 16.0 Å². The molecule has 0 atom stereocenters. The van der Waals surface area contributed by atoms with Crippen LogP contribution in [0.3, 0.4) is 0 Å². The number of rotatable bonds is 4. The van der Waals surface area contributed by atoms with E-state index in [1.54, 1.807) is 7.11 Å². The van der Waals surface area contributed by atoms with Gasteiger partial charge in [0, 0.05) is 32.1 Å². The number of nitrogens with zero attached hydrogens (tertiary/aromatic N) is 2. The molecule has 0 spiro atoms. The Labute approximate surface area is 149 Å². The average molecular weight is 344 g/mol. The summed E-state index contributed by atoms with van der Waals surface area (Å²) < 4.78 is 5.34. The van der Waals surface area contributed by atoms with Gasteiger partial charge in [-0.1, -0.05) is 6.07 Å². The highest BCUT2D eigenvalue weighted by Gasteiger charge is 2.34. The Morgan fingerprint density at radius 2 is 1.72 bits per heavy atom. The van der Waals surface area contributed by atoms with Crippen molar-refractivity contribution in [3.05, 3.63) is 28.8 Å². The van der Waals surface area contributed by atoms with Crippen LogP contribution in [0.4, 0.5) is 0 Å². The molecule has 0 bridgehead atoms. The lowest BCUT2D eigenvalue weighted by Gasteiger charge is -2.23. The van der Waals surface area contributed by atoms with E-state index in [0.29, 0.717) is 19.5 Å². The molecule has 0 unspecified atom stereocenters. The summed E-state index contributed by atoms with van der Waals surface area (Å²) in [4.78, 5) is 28.9. The highest BCUT2D eigenvalue weighted by atomic mass is 16.5. The number of hydrogen-bond acceptors (Lipinski definition) is 3. The zero-order valence-corrected chi connectivity index (χ0v) is 15.5. The summed E-state index contributed by atoms with van der Waals surface area (Å²) in [7, 11) is 1.67. The van der Waals surface area contributed by atoms with E-state index in [1.807, 2.05) is 35.8 Å². The fourth-order valence-corrected chi connectivity index (χ4v) is 3.51. The number of hydrogen-bond donors (Lipinski definition) is 0. The molecule has 2 amide bonds. The molecule has 1 saturated heterocycles. The number of ether oxygens (including phenoxy) is 1. The summed E-state index contributed by atoms with van der Waals surface area (Å²) in [5.74, 6) is 1.55. The van der Waals surface area contributed by atoms with Crippen molar-refractivity contribution in [2.75, 3.05) is 33.3 Å². The Balaban J connectivity index is 1.61. The van der Waals surface area contributed by atoms with Gasteiger partial charge < -0.3 is 14.5 Å². The van der Waals surface area contributed by atoms with Gasteiger partial charge in [0.15, 0.2) is 0 Å². The molecule has 25 heavy (non-hydrogen) atoms. The number of methoxy groups -OCH3 is 1. The lowest BCUT2D eigenvalue weighted by Crippen LogP contribution is -2.38. The van der Waals surface area contributed by atoms with Crippen molar-refractivity contribution in [2.45, 2.75) is 39.5 Å². The van der Waals surface area contributed by atoms with Crippen molar-refractivity contribution < 1.29 is 14.3 Å². The number of aryl methyl sites for hydroxylation is 2. The van der Waals surface area contributed by atoms with Crippen LogP contribution in [0.15, 0.2) is 12.1 Å². The molecule has 1 aliphatic carbocycles. The van der Waals surface area contributed by atoms with E-state index in [4.69, 9.17) is 4.74 Å². The SMILES string of the molecule is COc1cc(C)c(CC(=O)N2CCCN(C(=O)C3CC3)CC2)cc1C. The maximum Gasteiger partial charge on any atom is 0.227 e. The Hall–Kier alpha value is -2.04. The lowest BCUT2D eigenvalue weighted by atomic mass is 10.0. The van der Waals surface area contributed by atoms with Gasteiger partial charge in [-0.05, 0) is 55.9 Å². The van der Waals surface area contributed by atoms with E-state index in [9.17, 15) is 9.59 Å². The molecular weight excluding hydrogens is 316 g/mol. The zero-order chi connectivity index (χ0) is 18.0. The van der Waals surface area contributed by atoms with Crippen LogP contribution in [0.5, 0.6) is 5.75 Å². The minimum absolute atomic E-state index is 0.147. The number of carbonyl (C=O) groups is 2. The molecule has 2 aliphatic rings. The van der Waals surface area contributed by atoms with E-state index >= 15 is 0 Å². The summed E-state index contributed by atoms with van der Waals surface area (Å²) in [6, 6.07) is 4.04. The first-order chi connectivity index (χ1) is 12.0. The largest absolute Gasteiger partial charge is 0.496 e. The number of benzene rings is 1. The van der Waals surface area contributed by atoms with Crippen LogP contribution >= 0.6 is 0 Å². The fraction of sp³-hybridized carbons (Fsp3) is 0.600. The second kappa shape index (κ2) is 7.46. The zero-order valence-electron chi connectivity index (χ0n) is 15.5. The first-order valence-electron chi connectivity index (χ1n) is 9.20. The molecular formula is C20H28N2O3. The molecule has 0 aromatic heterocycles. The first kappa shape index (κ1) is 17.8. The quantitative estimate of drug-likeness (QED) is 0.842. The van der Waals surface area contributed by atoms with Crippen molar-refractivity contribution in [3.63, 3.8) is 0 Å². The molecule has 1 aromatic carbocycles. The van der Waals surface area contributed by atoms with Gasteiger partial charge >= 0.3 is 0 Å². The molecule has 1 aromatic rings. The van der Waals surface area contributed by atoms with Crippen LogP contribution in [0.25, 0.3) is 0 Å². The van der Waals surface area contributed by atoms with E-state index in [-0.39, 0.29) is 17.7 Å². The highest BCUT2D eigenvalue weighted by Crippen LogP contribution is 2.31. The van der Waals surface area contributed by atoms with Crippen molar-refractivity contribution in [1.29, 1.82) is 0 Å². The third kappa shape index (κ3) is 4.14. The number of amides is 2. The van der Waals surface area contributed by atoms with E-state index in [2.05, 4.69) is 0 Å². The van der Waals surface area contributed by atoms with Gasteiger partial charge in [-0.25, -0.2) is 0 Å². The molecule has 3 rings (SSSR count). The van der Waals surface area contributed by atoms with Crippen LogP contribution in [0.2, 0.25) is 0 Å². The predicted molar refractivity (Wildman–Crippen MR) is 96.7 cm³/mol. The number of carbonyl (C=O) groups excluding carboxylic acids is 2. The predicted octanol–water partition coefficient (Wildman–Crippen LogP) is 2.33. The summed E-state index contributed by atoms with van der Waals surface area (Å²) in [5.41, 5.74) is 3.18. The monoisotopic (exact) mass is 344 g/mol. The molecule has 5 heteroatoms. The summed E-state index contributed by atoms with van der Waals surface area (Å²) in [5, 5.41) is 0. The topological polar surface area (TPSA) is 49.9 Å². The second-order valence-corrected chi connectivity index (χ2v) is 7.26. The van der Waals surface area contributed by atoms with Gasteiger partial charge in [-0.2, -0.15) is 0 Å². The third-order valence-electron chi connectivity index (χ3n) is 5.28. The third-order valence-corrected chi connectivity index (χ3v) is 5.28. The van der Waals surface area contributed by atoms with Crippen LogP contribution in [0, 0.1) is 19.8 Å². The van der Waals surface area contributed by atoms with E-state index < -0.39 is 0 Å². The lowest BCUT2D eigenvalue weighted by molar-refractivity contribution is -0.134. The Morgan fingerprint density at radius 1 is 1.04 bits per heavy atom. The maximum atomic E-state index is 12.8. The molecule has 2 fully saturated rings. The summed E-state index contributed by atoms with van der Waals surface area (Å²) in [6.07, 6.45) is 3.35. The highest BCUT2D eigenvalue weighted by molar-refractivity contribution is 5.82. The molecule has 1 aliphatic heterocycles. The van der Waals surface area contributed by atoms with Crippen LogP contribution < -0.4 is 4.74 Å². The second-order valence-electron chi connectivity index (χ2n) is 7.26. The van der Waals surface area contributed by atoms with Crippen LogP contribution in [0.1, 0.15) is 36.0 Å². The van der Waals surface area contributed by atoms with Crippen molar-refractivity contribution >= 4 is 11.8 Å². The Morgan fingerprint density at radius 3 is 2.40 bits per heavy atom. The molecule has 136 valence electrons. The van der Waals surface area contributed by atoms with Gasteiger partial charge in [0.2, 0.25) is 11.8 Å². The van der Waals surface area contributed by atoms with Gasteiger partial charge in [0.25, 0.3) is 0 Å². The maximum absolute atomic E-state index is 12.8. The molecule has 1 saturated carbocycles. The van der Waals surface area contributed by atoms with Crippen molar-refractivity contribution in [1.82, 2.24) is 9.80 Å². The minimum Gasteiger partial charge on any atom is -0.496 e. The standard InChI is InChI=1S/C20H28N2O3/c1-14-12-18(25-3)15(2)11-17(14)13-19(23)21-7-4-8-22(10-9-21)20(24)16-5-6-16/h11-12,16H,4-10,13H2,1-3H3. The van der Waals surface area contributed by atoms with Crippen molar-refractivity contribution in [2.24, 2.45) is 5.92 Å². The smallest absolute Gasteiger partial charge is 0.227 e. The van der Waals surface area contributed by atoms with Gasteiger partial charge in [-0.3, -0.25) is 9.59 Å². The minimum atomic E-state index is 0.147. The van der Waals surface area contributed by atoms with Gasteiger partial charge in [0.1, 0.15) is 5.75 Å². The normalized spacial score (nSPS) is 18.0. The molecule has 5 nitrogen and oxygen atoms in total. The average Bonchev–Trinajstić information content (AvgIpc) is 3.43. The molecule has 0 radical (unpaired) electrons. The van der Waals surface area contributed by atoms with Gasteiger partial charge in [-0.15, -0.1) is 0 Å². The Bertz CT molecular complexity index is 667. The summed E-state index contributed by atoms with van der Waals surface area (Å²) >= 11 is 0. The fourth-order valence-electron chi connectivity index (χ4n) is 3.51. The van der Waals surface area contributed by atoms with E-state index in [0.717, 1.165) is 54.8 Å². The van der Waals surface area contributed by atoms with Crippen LogP contribution in [-0.4, -0.2) is 54.9 Å². The first-order valence-corrected chi connectivity index (χ1v) is 9.20. The molecule has 1 heterocycles. The van der Waals surface area contributed by atoms with Gasteiger partial charge in [0.05, 0.1) is 13.5 Å². The van der Waals surface area contributed by atoms with Crippen molar-refractivity contribution in [3.8, 4) is 5.75 Å².